The second-order valence-electron chi connectivity index (χ2n) is 5.42. The molecule has 27 heavy (non-hydrogen) atoms. The zero-order valence-electron chi connectivity index (χ0n) is 13.8. The number of anilines is 1. The van der Waals surface area contributed by atoms with Gasteiger partial charge in [-0.1, -0.05) is 23.7 Å². The molecule has 0 aliphatic carbocycles. The average molecular weight is 384 g/mol. The number of urea groups is 1. The molecular formula is C19H14ClN3O4. The molecule has 3 rings (SSSR count). The molecule has 3 N–H and O–H groups in total. The van der Waals surface area contributed by atoms with Gasteiger partial charge in [-0.3, -0.25) is 0 Å². The number of benzene rings is 2. The van der Waals surface area contributed by atoms with Crippen molar-refractivity contribution in [3.8, 4) is 11.3 Å². The van der Waals surface area contributed by atoms with Gasteiger partial charge in [0.15, 0.2) is 0 Å². The van der Waals surface area contributed by atoms with E-state index in [2.05, 4.69) is 15.8 Å². The van der Waals surface area contributed by atoms with Gasteiger partial charge in [-0.15, -0.1) is 0 Å². The third-order valence-corrected chi connectivity index (χ3v) is 3.73. The van der Waals surface area contributed by atoms with E-state index in [0.29, 0.717) is 27.8 Å². The van der Waals surface area contributed by atoms with E-state index in [1.807, 2.05) is 0 Å². The second kappa shape index (κ2) is 8.20. The van der Waals surface area contributed by atoms with Crippen LogP contribution < -0.4 is 10.7 Å². The van der Waals surface area contributed by atoms with Gasteiger partial charge in [-0.25, -0.2) is 15.0 Å². The normalized spacial score (nSPS) is 10.7. The number of carbonyl (C=O) groups is 2. The van der Waals surface area contributed by atoms with Crippen molar-refractivity contribution in [2.45, 2.75) is 0 Å². The summed E-state index contributed by atoms with van der Waals surface area (Å²) < 4.78 is 5.59. The van der Waals surface area contributed by atoms with Crippen molar-refractivity contribution >= 4 is 35.5 Å². The Labute approximate surface area is 159 Å². The molecule has 2 aromatic carbocycles. The van der Waals surface area contributed by atoms with E-state index >= 15 is 0 Å². The van der Waals surface area contributed by atoms with Crippen molar-refractivity contribution in [3.63, 3.8) is 0 Å². The van der Waals surface area contributed by atoms with Gasteiger partial charge in [0, 0.05) is 16.3 Å². The van der Waals surface area contributed by atoms with E-state index in [1.54, 1.807) is 48.5 Å². The second-order valence-corrected chi connectivity index (χ2v) is 5.86. The fourth-order valence-electron chi connectivity index (χ4n) is 2.23. The number of hydrogen-bond acceptors (Lipinski definition) is 4. The molecule has 0 spiro atoms. The Bertz CT molecular complexity index is 996. The number of nitrogens with one attached hydrogen (secondary N) is 2. The molecule has 0 bridgehead atoms. The summed E-state index contributed by atoms with van der Waals surface area (Å²) in [6.45, 7) is 0. The number of amides is 2. The summed E-state index contributed by atoms with van der Waals surface area (Å²) in [5.41, 5.74) is 3.68. The quantitative estimate of drug-likeness (QED) is 0.447. The smallest absolute Gasteiger partial charge is 0.339 e. The van der Waals surface area contributed by atoms with Crippen LogP contribution in [0.15, 0.2) is 70.2 Å². The first-order valence-electron chi connectivity index (χ1n) is 7.80. The minimum absolute atomic E-state index is 0.166. The molecule has 0 saturated carbocycles. The van der Waals surface area contributed by atoms with E-state index in [-0.39, 0.29) is 5.56 Å². The highest BCUT2D eigenvalue weighted by molar-refractivity contribution is 6.30. The van der Waals surface area contributed by atoms with Crippen LogP contribution in [0.1, 0.15) is 16.1 Å². The van der Waals surface area contributed by atoms with Crippen LogP contribution in [0, 0.1) is 0 Å². The first-order chi connectivity index (χ1) is 13.0. The van der Waals surface area contributed by atoms with E-state index in [0.717, 1.165) is 0 Å². The lowest BCUT2D eigenvalue weighted by atomic mass is 10.1. The number of aromatic carboxylic acids is 1. The number of furan rings is 1. The Balaban J connectivity index is 1.60. The van der Waals surface area contributed by atoms with Gasteiger partial charge in [0.2, 0.25) is 0 Å². The van der Waals surface area contributed by atoms with Crippen LogP contribution in [0.3, 0.4) is 0 Å². The van der Waals surface area contributed by atoms with Crippen molar-refractivity contribution < 1.29 is 19.1 Å². The summed E-state index contributed by atoms with van der Waals surface area (Å²) in [5, 5.41) is 16.0. The molecule has 0 unspecified atom stereocenters. The zero-order valence-corrected chi connectivity index (χ0v) is 14.6. The maximum atomic E-state index is 11.8. The highest BCUT2D eigenvalue weighted by Crippen LogP contribution is 2.22. The summed E-state index contributed by atoms with van der Waals surface area (Å²) in [5.74, 6) is -0.122. The Morgan fingerprint density at radius 2 is 1.85 bits per heavy atom. The van der Waals surface area contributed by atoms with Gasteiger partial charge in [0.1, 0.15) is 11.5 Å². The zero-order chi connectivity index (χ0) is 19.2. The number of nitrogens with zero attached hydrogens (tertiary/aromatic N) is 1. The van der Waals surface area contributed by atoms with Crippen molar-refractivity contribution in [1.29, 1.82) is 0 Å². The predicted molar refractivity (Wildman–Crippen MR) is 102 cm³/mol. The molecule has 0 saturated heterocycles. The van der Waals surface area contributed by atoms with E-state index in [4.69, 9.17) is 21.1 Å². The number of hydrazone groups is 1. The number of carboxylic acid groups (broad SMARTS) is 1. The van der Waals surface area contributed by atoms with Crippen LogP contribution in [0.5, 0.6) is 0 Å². The molecule has 0 aliphatic rings. The van der Waals surface area contributed by atoms with Gasteiger partial charge in [-0.05, 0) is 48.5 Å². The van der Waals surface area contributed by atoms with Crippen LogP contribution in [0.2, 0.25) is 5.02 Å². The summed E-state index contributed by atoms with van der Waals surface area (Å²) in [4.78, 5) is 22.8. The van der Waals surface area contributed by atoms with Crippen LogP contribution in [-0.2, 0) is 0 Å². The number of carboxylic acids is 1. The van der Waals surface area contributed by atoms with Crippen LogP contribution in [-0.4, -0.2) is 23.3 Å². The van der Waals surface area contributed by atoms with Gasteiger partial charge >= 0.3 is 12.0 Å². The Morgan fingerprint density at radius 3 is 2.59 bits per heavy atom. The lowest BCUT2D eigenvalue weighted by Gasteiger charge is -2.03. The van der Waals surface area contributed by atoms with Crippen molar-refractivity contribution in [2.75, 3.05) is 5.32 Å². The third kappa shape index (κ3) is 4.96. The standard InChI is InChI=1S/C19H14ClN3O4/c20-14-4-6-15(7-5-14)22-19(26)23-21-11-16-8-9-17(27-16)12-2-1-3-13(10-12)18(24)25/h1-11H,(H,24,25)(H2,22,23,26)/b21-11-. The van der Waals surface area contributed by atoms with E-state index in [9.17, 15) is 9.59 Å². The summed E-state index contributed by atoms with van der Waals surface area (Å²) in [7, 11) is 0. The van der Waals surface area contributed by atoms with Gasteiger partial charge < -0.3 is 14.8 Å². The van der Waals surface area contributed by atoms with E-state index < -0.39 is 12.0 Å². The van der Waals surface area contributed by atoms with Gasteiger partial charge in [0.25, 0.3) is 0 Å². The third-order valence-electron chi connectivity index (χ3n) is 3.48. The Kier molecular flexibility index (Phi) is 5.53. The number of hydrogen-bond donors (Lipinski definition) is 3. The monoisotopic (exact) mass is 383 g/mol. The molecule has 0 radical (unpaired) electrons. The molecular weight excluding hydrogens is 370 g/mol. The minimum Gasteiger partial charge on any atom is -0.478 e. The molecule has 0 aliphatic heterocycles. The number of rotatable bonds is 5. The molecule has 1 heterocycles. The first kappa shape index (κ1) is 18.2. The van der Waals surface area contributed by atoms with Crippen molar-refractivity contribution in [3.05, 3.63) is 77.0 Å². The van der Waals surface area contributed by atoms with Crippen LogP contribution in [0.4, 0.5) is 10.5 Å². The Hall–Kier alpha value is -3.58. The average Bonchev–Trinajstić information content (AvgIpc) is 3.13. The Morgan fingerprint density at radius 1 is 1.07 bits per heavy atom. The van der Waals surface area contributed by atoms with Gasteiger partial charge in [-0.2, -0.15) is 5.10 Å². The number of carbonyl (C=O) groups excluding carboxylic acids is 1. The molecule has 8 heteroatoms. The first-order valence-corrected chi connectivity index (χ1v) is 8.18. The molecule has 0 fully saturated rings. The minimum atomic E-state index is -1.01. The maximum absolute atomic E-state index is 11.8. The lowest BCUT2D eigenvalue weighted by Crippen LogP contribution is -2.24. The highest BCUT2D eigenvalue weighted by Gasteiger charge is 2.08. The molecule has 2 amide bonds. The maximum Gasteiger partial charge on any atom is 0.339 e. The number of halogens is 1. The van der Waals surface area contributed by atoms with Crippen molar-refractivity contribution in [1.82, 2.24) is 5.43 Å². The molecule has 1 aromatic heterocycles. The molecule has 136 valence electrons. The van der Waals surface area contributed by atoms with E-state index in [1.165, 1.54) is 18.3 Å². The summed E-state index contributed by atoms with van der Waals surface area (Å²) >= 11 is 5.78. The topological polar surface area (TPSA) is 104 Å². The van der Waals surface area contributed by atoms with Crippen molar-refractivity contribution in [2.24, 2.45) is 5.10 Å². The van der Waals surface area contributed by atoms with Crippen LogP contribution in [0.25, 0.3) is 11.3 Å². The predicted octanol–water partition coefficient (Wildman–Crippen LogP) is 4.45. The van der Waals surface area contributed by atoms with Gasteiger partial charge in [0.05, 0.1) is 11.8 Å². The molecule has 7 nitrogen and oxygen atoms in total. The summed E-state index contributed by atoms with van der Waals surface area (Å²) in [6, 6.07) is 15.9. The molecule has 3 aromatic rings. The SMILES string of the molecule is O=C(N/N=C\c1ccc(-c2cccc(C(=O)O)c2)o1)Nc1ccc(Cl)cc1. The lowest BCUT2D eigenvalue weighted by molar-refractivity contribution is 0.0697. The summed E-state index contributed by atoms with van der Waals surface area (Å²) in [6.07, 6.45) is 1.34. The highest BCUT2D eigenvalue weighted by atomic mass is 35.5. The fourth-order valence-corrected chi connectivity index (χ4v) is 2.36. The largest absolute Gasteiger partial charge is 0.478 e. The van der Waals surface area contributed by atoms with Crippen LogP contribution >= 0.6 is 11.6 Å². The molecule has 0 atom stereocenters. The fraction of sp³-hybridized carbons (Fsp3) is 0.